The Balaban J connectivity index is 1.84. The number of methoxy groups -OCH3 is 2. The van der Waals surface area contributed by atoms with Crippen LogP contribution in [0.4, 0.5) is 25.8 Å². The Bertz CT molecular complexity index is 1290. The van der Waals surface area contributed by atoms with E-state index in [-0.39, 0.29) is 23.2 Å². The molecule has 0 spiro atoms. The van der Waals surface area contributed by atoms with E-state index in [1.54, 1.807) is 21.9 Å². The molecule has 2 aromatic carbocycles. The Morgan fingerprint density at radius 1 is 1.14 bits per heavy atom. The Labute approximate surface area is 216 Å². The van der Waals surface area contributed by atoms with Gasteiger partial charge in [-0.15, -0.1) is 0 Å². The highest BCUT2D eigenvalue weighted by Crippen LogP contribution is 2.44. The predicted octanol–water partition coefficient (Wildman–Crippen LogP) is 5.67. The van der Waals surface area contributed by atoms with Gasteiger partial charge in [0.2, 0.25) is 0 Å². The van der Waals surface area contributed by atoms with Gasteiger partial charge in [-0.05, 0) is 37.1 Å². The summed E-state index contributed by atoms with van der Waals surface area (Å²) in [5.41, 5.74) is 4.01. The second-order valence-corrected chi connectivity index (χ2v) is 9.21. The first-order valence-electron chi connectivity index (χ1n) is 12.2. The molecule has 0 N–H and O–H groups in total. The van der Waals surface area contributed by atoms with E-state index in [2.05, 4.69) is 30.4 Å². The molecule has 4 rings (SSSR count). The van der Waals surface area contributed by atoms with Crippen molar-refractivity contribution in [2.45, 2.75) is 32.9 Å². The van der Waals surface area contributed by atoms with E-state index in [9.17, 15) is 0 Å². The first-order valence-corrected chi connectivity index (χ1v) is 12.2. The van der Waals surface area contributed by atoms with Crippen LogP contribution in [-0.4, -0.2) is 54.2 Å². The van der Waals surface area contributed by atoms with Crippen molar-refractivity contribution >= 4 is 29.4 Å². The summed E-state index contributed by atoms with van der Waals surface area (Å²) in [6.45, 7) is 9.81. The number of hydrogen-bond acceptors (Lipinski definition) is 6. The smallest absolute Gasteiger partial charge is 0.191 e. The average Bonchev–Trinajstić information content (AvgIpc) is 3.19. The van der Waals surface area contributed by atoms with Gasteiger partial charge < -0.3 is 14.4 Å². The number of fused-ring (bicyclic) bond motifs is 1. The molecule has 0 radical (unpaired) electrons. The number of aromatic nitrogens is 2. The first kappa shape index (κ1) is 26.3. The van der Waals surface area contributed by atoms with Gasteiger partial charge in [0, 0.05) is 68.9 Å². The maximum Gasteiger partial charge on any atom is 0.191 e. The van der Waals surface area contributed by atoms with Gasteiger partial charge in [-0.25, -0.2) is 8.78 Å². The van der Waals surface area contributed by atoms with E-state index < -0.39 is 11.6 Å². The topological polar surface area (TPSA) is 55.1 Å². The van der Waals surface area contributed by atoms with Gasteiger partial charge in [-0.3, -0.25) is 14.6 Å². The number of benzene rings is 2. The monoisotopic (exact) mass is 509 g/mol. The van der Waals surface area contributed by atoms with Crippen molar-refractivity contribution in [1.29, 1.82) is 0 Å². The van der Waals surface area contributed by atoms with Crippen molar-refractivity contribution in [2.24, 2.45) is 12.0 Å². The largest absolute Gasteiger partial charge is 0.493 e. The number of anilines is 2. The van der Waals surface area contributed by atoms with Crippen LogP contribution in [0.2, 0.25) is 0 Å². The van der Waals surface area contributed by atoms with Gasteiger partial charge in [0.25, 0.3) is 0 Å². The molecule has 2 heterocycles. The summed E-state index contributed by atoms with van der Waals surface area (Å²) in [6.07, 6.45) is 7.98. The second-order valence-electron chi connectivity index (χ2n) is 9.21. The molecule has 0 bridgehead atoms. The fraction of sp³-hybridized carbons (Fsp3) is 0.357. The molecule has 7 nitrogen and oxygen atoms in total. The van der Waals surface area contributed by atoms with Crippen LogP contribution < -0.4 is 14.4 Å². The Morgan fingerprint density at radius 3 is 2.41 bits per heavy atom. The predicted molar refractivity (Wildman–Crippen MR) is 144 cm³/mol. The molecule has 0 aliphatic carbocycles. The summed E-state index contributed by atoms with van der Waals surface area (Å²) in [4.78, 5) is 8.66. The number of hydrogen-bond donors (Lipinski definition) is 0. The van der Waals surface area contributed by atoms with E-state index in [1.807, 2.05) is 31.6 Å². The minimum Gasteiger partial charge on any atom is -0.493 e. The summed E-state index contributed by atoms with van der Waals surface area (Å²) < 4.78 is 43.3. The third-order valence-electron chi connectivity index (χ3n) is 6.64. The van der Waals surface area contributed by atoms with Gasteiger partial charge >= 0.3 is 0 Å². The molecule has 0 saturated carbocycles. The van der Waals surface area contributed by atoms with E-state index >= 15 is 8.78 Å². The molecule has 37 heavy (non-hydrogen) atoms. The molecule has 1 aromatic heterocycles. The Kier molecular flexibility index (Phi) is 7.92. The van der Waals surface area contributed by atoms with Crippen molar-refractivity contribution in [1.82, 2.24) is 14.7 Å². The highest BCUT2D eigenvalue weighted by Gasteiger charge is 2.31. The van der Waals surface area contributed by atoms with Crippen LogP contribution >= 0.6 is 0 Å². The number of halogens is 2. The second kappa shape index (κ2) is 11.1. The maximum atomic E-state index is 15.6. The van der Waals surface area contributed by atoms with Gasteiger partial charge in [-0.2, -0.15) is 5.10 Å². The van der Waals surface area contributed by atoms with Crippen LogP contribution in [-0.2, 0) is 20.0 Å². The third kappa shape index (κ3) is 5.22. The number of rotatable bonds is 8. The summed E-state index contributed by atoms with van der Waals surface area (Å²) >= 11 is 0. The molecule has 0 amide bonds. The zero-order valence-corrected chi connectivity index (χ0v) is 22.0. The Morgan fingerprint density at radius 2 is 1.84 bits per heavy atom. The lowest BCUT2D eigenvalue weighted by Crippen LogP contribution is -2.34. The molecular formula is C28H33F2N5O2. The molecule has 0 unspecified atom stereocenters. The standard InChI is InChI=1S/C28H33F2N5O2/c1-7-20-21-17-34(18(2)3)12-13-35(28-26(29)24(36-5)14-25(37-6)27(28)30)23(21)9-8-22(20)31-11-10-19-15-32-33(4)16-19/h7-9,11,14-16,18H,1,10,12-13,17H2,2-6H3/b31-11-. The first-order chi connectivity index (χ1) is 17.8. The third-order valence-corrected chi connectivity index (χ3v) is 6.64. The number of aryl methyl sites for hydroxylation is 1. The molecule has 0 saturated heterocycles. The van der Waals surface area contributed by atoms with Crippen molar-refractivity contribution in [3.8, 4) is 11.5 Å². The van der Waals surface area contributed by atoms with Crippen LogP contribution in [0.5, 0.6) is 11.5 Å². The molecule has 196 valence electrons. The molecule has 3 aromatic rings. The van der Waals surface area contributed by atoms with E-state index in [4.69, 9.17) is 14.5 Å². The van der Waals surface area contributed by atoms with E-state index in [0.717, 1.165) is 22.4 Å². The minimum atomic E-state index is -0.775. The summed E-state index contributed by atoms with van der Waals surface area (Å²) in [5.74, 6) is -1.72. The number of ether oxygens (including phenoxy) is 2. The van der Waals surface area contributed by atoms with Crippen LogP contribution in [0.25, 0.3) is 6.08 Å². The summed E-state index contributed by atoms with van der Waals surface area (Å²) in [6, 6.07) is 5.18. The van der Waals surface area contributed by atoms with Gasteiger partial charge in [-0.1, -0.05) is 12.7 Å². The van der Waals surface area contributed by atoms with Crippen LogP contribution in [0.3, 0.4) is 0 Å². The highest BCUT2D eigenvalue weighted by molar-refractivity contribution is 5.81. The van der Waals surface area contributed by atoms with Crippen molar-refractivity contribution < 1.29 is 18.3 Å². The fourth-order valence-electron chi connectivity index (χ4n) is 4.64. The molecule has 1 aliphatic rings. The quantitative estimate of drug-likeness (QED) is 0.367. The van der Waals surface area contributed by atoms with Crippen molar-refractivity contribution in [3.05, 3.63) is 65.5 Å². The van der Waals surface area contributed by atoms with E-state index in [1.165, 1.54) is 20.3 Å². The number of nitrogens with zero attached hydrogens (tertiary/aromatic N) is 5. The van der Waals surface area contributed by atoms with Crippen molar-refractivity contribution in [3.63, 3.8) is 0 Å². The Hall–Kier alpha value is -3.72. The maximum absolute atomic E-state index is 15.6. The number of aliphatic imine (C=N–C) groups is 1. The van der Waals surface area contributed by atoms with Gasteiger partial charge in [0.1, 0.15) is 5.69 Å². The molecule has 9 heteroatoms. The SMILES string of the molecule is C=Cc1c(/N=C\Cc2cnn(C)c2)ccc2c1CN(C(C)C)CCN2c1c(F)c(OC)cc(OC)c1F. The minimum absolute atomic E-state index is 0.0830. The highest BCUT2D eigenvalue weighted by atomic mass is 19.1. The van der Waals surface area contributed by atoms with Gasteiger partial charge in [0.15, 0.2) is 23.1 Å². The van der Waals surface area contributed by atoms with E-state index in [0.29, 0.717) is 31.7 Å². The summed E-state index contributed by atoms with van der Waals surface area (Å²) in [5, 5.41) is 4.19. The van der Waals surface area contributed by atoms with Crippen LogP contribution in [0, 0.1) is 11.6 Å². The lowest BCUT2D eigenvalue weighted by molar-refractivity contribution is 0.223. The van der Waals surface area contributed by atoms with Gasteiger partial charge in [0.05, 0.1) is 26.1 Å². The molecule has 0 atom stereocenters. The molecular weight excluding hydrogens is 476 g/mol. The normalized spacial score (nSPS) is 14.2. The lowest BCUT2D eigenvalue weighted by Gasteiger charge is -2.28. The average molecular weight is 510 g/mol. The zero-order chi connectivity index (χ0) is 26.7. The molecule has 1 aliphatic heterocycles. The fourth-order valence-corrected chi connectivity index (χ4v) is 4.64. The molecule has 0 fully saturated rings. The zero-order valence-electron chi connectivity index (χ0n) is 22.0. The van der Waals surface area contributed by atoms with Crippen LogP contribution in [0.15, 0.2) is 42.2 Å². The lowest BCUT2D eigenvalue weighted by atomic mass is 10.0. The summed E-state index contributed by atoms with van der Waals surface area (Å²) in [7, 11) is 4.57. The van der Waals surface area contributed by atoms with Crippen LogP contribution in [0.1, 0.15) is 30.5 Å². The van der Waals surface area contributed by atoms with Crippen molar-refractivity contribution in [2.75, 3.05) is 32.2 Å².